The molecule has 0 aromatic carbocycles. The summed E-state index contributed by atoms with van der Waals surface area (Å²) in [7, 11) is 0. The number of aliphatic hydroxyl groups excluding tert-OH is 3. The van der Waals surface area contributed by atoms with Gasteiger partial charge in [0.15, 0.2) is 0 Å². The molecule has 4 heteroatoms. The van der Waals surface area contributed by atoms with Crippen LogP contribution in [0.3, 0.4) is 0 Å². The van der Waals surface area contributed by atoms with Crippen molar-refractivity contribution in [2.45, 2.75) is 64.6 Å². The maximum Gasteiger partial charge on any atom is 0.0593 e. The molecule has 0 rings (SSSR count). The van der Waals surface area contributed by atoms with Crippen LogP contribution in [0, 0.1) is 5.92 Å². The van der Waals surface area contributed by atoms with Gasteiger partial charge in [0.1, 0.15) is 0 Å². The van der Waals surface area contributed by atoms with Gasteiger partial charge in [0.2, 0.25) is 0 Å². The molecule has 0 aliphatic heterocycles. The number of unbranched alkanes of at least 4 members (excludes halogenated alkanes) is 1. The van der Waals surface area contributed by atoms with E-state index < -0.39 is 6.10 Å². The summed E-state index contributed by atoms with van der Waals surface area (Å²) in [5.41, 5.74) is 0. The minimum atomic E-state index is -0.428. The van der Waals surface area contributed by atoms with Gasteiger partial charge in [0.05, 0.1) is 12.2 Å². The Bertz CT molecular complexity index is 144. The van der Waals surface area contributed by atoms with Gasteiger partial charge < -0.3 is 15.3 Å². The number of aliphatic hydroxyl groups is 3. The molecule has 0 radical (unpaired) electrons. The summed E-state index contributed by atoms with van der Waals surface area (Å²) in [5, 5.41) is 28.4. The van der Waals surface area contributed by atoms with Crippen molar-refractivity contribution < 1.29 is 37.0 Å². The largest absolute Gasteiger partial charge is 0.396 e. The Balaban J connectivity index is 0. The second-order valence-electron chi connectivity index (χ2n) is 4.21. The van der Waals surface area contributed by atoms with Crippen LogP contribution in [0.5, 0.6) is 0 Å². The fourth-order valence-corrected chi connectivity index (χ4v) is 1.99. The second-order valence-corrected chi connectivity index (χ2v) is 4.21. The Kier molecular flexibility index (Phi) is 14.3. The van der Waals surface area contributed by atoms with E-state index >= 15 is 0 Å². The number of rotatable bonds is 9. The van der Waals surface area contributed by atoms with Crippen LogP contribution >= 0.6 is 0 Å². The maximum absolute atomic E-state index is 9.89. The minimum Gasteiger partial charge on any atom is -0.396 e. The molecule has 0 aromatic rings. The molecule has 0 spiro atoms. The molecule has 3 atom stereocenters. The smallest absolute Gasteiger partial charge is 0.0593 e. The summed E-state index contributed by atoms with van der Waals surface area (Å²) in [6.45, 7) is 4.22. The molecule has 0 fully saturated rings. The molecule has 3 unspecified atom stereocenters. The van der Waals surface area contributed by atoms with Gasteiger partial charge in [-0.3, -0.25) is 0 Å². The van der Waals surface area contributed by atoms with E-state index in [0.29, 0.717) is 6.42 Å². The first kappa shape index (κ1) is 18.9. The summed E-state index contributed by atoms with van der Waals surface area (Å²) in [5.74, 6) is -0.0105. The Hall–Kier alpha value is 0.594. The summed E-state index contributed by atoms with van der Waals surface area (Å²) in [6, 6.07) is 0. The van der Waals surface area contributed by atoms with Crippen LogP contribution in [-0.4, -0.2) is 34.1 Å². The quantitative estimate of drug-likeness (QED) is 0.439. The molecule has 96 valence electrons. The first-order valence-corrected chi connectivity index (χ1v) is 6.14. The molecule has 0 aliphatic rings. The molecule has 0 saturated carbocycles. The predicted octanol–water partition coefficient (Wildman–Crippen LogP) is 1.69. The normalized spacial score (nSPS) is 16.3. The average Bonchev–Trinajstić information content (AvgIpc) is 2.19. The Morgan fingerprint density at radius 3 is 1.94 bits per heavy atom. The van der Waals surface area contributed by atoms with Gasteiger partial charge in [-0.1, -0.05) is 20.3 Å². The third-order valence-electron chi connectivity index (χ3n) is 2.95. The van der Waals surface area contributed by atoms with Crippen molar-refractivity contribution in [2.75, 3.05) is 6.61 Å². The molecule has 16 heavy (non-hydrogen) atoms. The summed E-state index contributed by atoms with van der Waals surface area (Å²) < 4.78 is 0. The molecule has 0 saturated heterocycles. The van der Waals surface area contributed by atoms with Crippen molar-refractivity contribution >= 4 is 0 Å². The molecule has 0 aromatic heterocycles. The standard InChI is InChI=1S/C12H26O3.Ti/c1-3-7-11(14)10(4-2)12(15)8-5-6-9-13;/h10-15H,3-9H2,1-2H3;. The third kappa shape index (κ3) is 7.80. The zero-order valence-corrected chi connectivity index (χ0v) is 12.1. The molecule has 3 N–H and O–H groups in total. The fraction of sp³-hybridized carbons (Fsp3) is 1.00. The van der Waals surface area contributed by atoms with Gasteiger partial charge in [-0.2, -0.15) is 0 Å². The zero-order valence-electron chi connectivity index (χ0n) is 10.5. The van der Waals surface area contributed by atoms with Gasteiger partial charge in [-0.15, -0.1) is 0 Å². The van der Waals surface area contributed by atoms with Gasteiger partial charge in [-0.25, -0.2) is 0 Å². The fourth-order valence-electron chi connectivity index (χ4n) is 1.99. The zero-order chi connectivity index (χ0) is 11.7. The van der Waals surface area contributed by atoms with Crippen LogP contribution in [0.25, 0.3) is 0 Å². The summed E-state index contributed by atoms with van der Waals surface area (Å²) in [4.78, 5) is 0. The van der Waals surface area contributed by atoms with E-state index in [4.69, 9.17) is 5.11 Å². The van der Waals surface area contributed by atoms with Crippen LogP contribution < -0.4 is 0 Å². The van der Waals surface area contributed by atoms with Crippen molar-refractivity contribution in [1.82, 2.24) is 0 Å². The van der Waals surface area contributed by atoms with Crippen LogP contribution in [0.1, 0.15) is 52.4 Å². The molecule has 0 heterocycles. The van der Waals surface area contributed by atoms with E-state index in [-0.39, 0.29) is 40.3 Å². The van der Waals surface area contributed by atoms with E-state index in [0.717, 1.165) is 32.1 Å². The SMILES string of the molecule is CCCC(O)C(CC)C(O)CCCCO.[Ti]. The van der Waals surface area contributed by atoms with Gasteiger partial charge >= 0.3 is 0 Å². The van der Waals surface area contributed by atoms with Gasteiger partial charge in [0, 0.05) is 34.2 Å². The third-order valence-corrected chi connectivity index (χ3v) is 2.95. The minimum absolute atomic E-state index is 0. The molecule has 0 bridgehead atoms. The molecular formula is C12H26O3Ti. The predicted molar refractivity (Wildman–Crippen MR) is 61.6 cm³/mol. The van der Waals surface area contributed by atoms with Crippen LogP contribution in [-0.2, 0) is 21.7 Å². The van der Waals surface area contributed by atoms with Crippen LogP contribution in [0.4, 0.5) is 0 Å². The molecule has 0 aliphatic carbocycles. The monoisotopic (exact) mass is 266 g/mol. The van der Waals surface area contributed by atoms with Crippen molar-refractivity contribution in [3.05, 3.63) is 0 Å². The second kappa shape index (κ2) is 12.1. The summed E-state index contributed by atoms with van der Waals surface area (Å²) in [6.07, 6.45) is 3.94. The first-order chi connectivity index (χ1) is 7.17. The van der Waals surface area contributed by atoms with E-state index in [2.05, 4.69) is 0 Å². The Morgan fingerprint density at radius 2 is 1.50 bits per heavy atom. The van der Waals surface area contributed by atoms with Crippen molar-refractivity contribution in [2.24, 2.45) is 5.92 Å². The molecular weight excluding hydrogens is 240 g/mol. The Morgan fingerprint density at radius 1 is 0.938 bits per heavy atom. The molecule has 0 amide bonds. The first-order valence-electron chi connectivity index (χ1n) is 6.14. The number of hydrogen-bond acceptors (Lipinski definition) is 3. The van der Waals surface area contributed by atoms with E-state index in [9.17, 15) is 10.2 Å². The Labute approximate surface area is 114 Å². The average molecular weight is 266 g/mol. The maximum atomic E-state index is 9.89. The van der Waals surface area contributed by atoms with Crippen molar-refractivity contribution in [3.8, 4) is 0 Å². The van der Waals surface area contributed by atoms with E-state index in [1.54, 1.807) is 0 Å². The topological polar surface area (TPSA) is 60.7 Å². The van der Waals surface area contributed by atoms with E-state index in [1.807, 2.05) is 13.8 Å². The van der Waals surface area contributed by atoms with Crippen molar-refractivity contribution in [3.63, 3.8) is 0 Å². The van der Waals surface area contributed by atoms with Crippen LogP contribution in [0.2, 0.25) is 0 Å². The summed E-state index contributed by atoms with van der Waals surface area (Å²) >= 11 is 0. The van der Waals surface area contributed by atoms with E-state index in [1.165, 1.54) is 0 Å². The molecule has 3 nitrogen and oxygen atoms in total. The number of hydrogen-bond donors (Lipinski definition) is 3. The van der Waals surface area contributed by atoms with Crippen LogP contribution in [0.15, 0.2) is 0 Å². The van der Waals surface area contributed by atoms with Gasteiger partial charge in [-0.05, 0) is 32.1 Å². The van der Waals surface area contributed by atoms with Gasteiger partial charge in [0.25, 0.3) is 0 Å². The van der Waals surface area contributed by atoms with Crippen molar-refractivity contribution in [1.29, 1.82) is 0 Å².